The SMILES string of the molecule is CC1(C)C(=O)C(=O)C2(CC2)C(=O)C1=O. The first-order chi connectivity index (χ1) is 6.34. The van der Waals surface area contributed by atoms with E-state index in [4.69, 9.17) is 0 Å². The maximum absolute atomic E-state index is 11.6. The molecule has 0 aromatic heterocycles. The van der Waals surface area contributed by atoms with Crippen LogP contribution in [0.5, 0.6) is 0 Å². The lowest BCUT2D eigenvalue weighted by atomic mass is 9.68. The molecule has 0 amide bonds. The molecular formula is C10H10O4. The predicted molar refractivity (Wildman–Crippen MR) is 45.5 cm³/mol. The van der Waals surface area contributed by atoms with Crippen LogP contribution in [-0.4, -0.2) is 23.1 Å². The molecule has 2 fully saturated rings. The molecule has 0 atom stereocenters. The van der Waals surface area contributed by atoms with Crippen molar-refractivity contribution in [3.8, 4) is 0 Å². The molecule has 0 N–H and O–H groups in total. The highest BCUT2D eigenvalue weighted by atomic mass is 16.2. The van der Waals surface area contributed by atoms with Gasteiger partial charge in [0, 0.05) is 0 Å². The Labute approximate surface area is 80.7 Å². The lowest BCUT2D eigenvalue weighted by Gasteiger charge is -2.28. The number of ketones is 4. The molecule has 0 heterocycles. The van der Waals surface area contributed by atoms with Crippen LogP contribution >= 0.6 is 0 Å². The average molecular weight is 194 g/mol. The minimum atomic E-state index is -1.44. The van der Waals surface area contributed by atoms with Crippen molar-refractivity contribution in [2.24, 2.45) is 10.8 Å². The second-order valence-electron chi connectivity index (χ2n) is 4.52. The number of carbonyl (C=O) groups is 4. The molecule has 0 unspecified atom stereocenters. The van der Waals surface area contributed by atoms with Gasteiger partial charge in [0.25, 0.3) is 0 Å². The summed E-state index contributed by atoms with van der Waals surface area (Å²) in [5.74, 6) is -2.74. The summed E-state index contributed by atoms with van der Waals surface area (Å²) < 4.78 is 0. The van der Waals surface area contributed by atoms with Gasteiger partial charge in [-0.15, -0.1) is 0 Å². The first-order valence-corrected chi connectivity index (χ1v) is 4.52. The van der Waals surface area contributed by atoms with Gasteiger partial charge in [0.1, 0.15) is 5.41 Å². The zero-order chi connectivity index (χ0) is 10.7. The Hall–Kier alpha value is -1.32. The topological polar surface area (TPSA) is 68.3 Å². The fourth-order valence-corrected chi connectivity index (χ4v) is 1.79. The van der Waals surface area contributed by atoms with E-state index >= 15 is 0 Å². The standard InChI is InChI=1S/C10H10O4/c1-9(2)5(11)7(13)10(3-4-10)8(14)6(9)12/h3-4H2,1-2H3. The van der Waals surface area contributed by atoms with E-state index in [1.54, 1.807) is 0 Å². The Morgan fingerprint density at radius 2 is 1.14 bits per heavy atom. The van der Waals surface area contributed by atoms with Crippen molar-refractivity contribution >= 4 is 23.1 Å². The molecule has 2 aliphatic carbocycles. The first-order valence-electron chi connectivity index (χ1n) is 4.52. The molecule has 74 valence electrons. The van der Waals surface area contributed by atoms with Crippen molar-refractivity contribution in [2.45, 2.75) is 26.7 Å². The van der Waals surface area contributed by atoms with Gasteiger partial charge in [-0.25, -0.2) is 0 Å². The normalized spacial score (nSPS) is 28.4. The van der Waals surface area contributed by atoms with Gasteiger partial charge in [0.15, 0.2) is 0 Å². The van der Waals surface area contributed by atoms with E-state index in [1.807, 2.05) is 0 Å². The van der Waals surface area contributed by atoms with E-state index in [2.05, 4.69) is 0 Å². The number of hydrogen-bond acceptors (Lipinski definition) is 4. The van der Waals surface area contributed by atoms with Crippen molar-refractivity contribution in [3.05, 3.63) is 0 Å². The average Bonchev–Trinajstić information content (AvgIpc) is 2.92. The molecule has 4 heteroatoms. The fourth-order valence-electron chi connectivity index (χ4n) is 1.79. The molecule has 2 rings (SSSR count). The molecule has 0 aromatic carbocycles. The van der Waals surface area contributed by atoms with Crippen LogP contribution in [0.4, 0.5) is 0 Å². The third kappa shape index (κ3) is 0.786. The van der Waals surface area contributed by atoms with Gasteiger partial charge in [0.05, 0.1) is 5.41 Å². The van der Waals surface area contributed by atoms with E-state index in [0.29, 0.717) is 12.8 Å². The van der Waals surface area contributed by atoms with Gasteiger partial charge < -0.3 is 0 Å². The summed E-state index contributed by atoms with van der Waals surface area (Å²) in [7, 11) is 0. The molecule has 14 heavy (non-hydrogen) atoms. The summed E-state index contributed by atoms with van der Waals surface area (Å²) in [6.45, 7) is 2.67. The second kappa shape index (κ2) is 2.19. The third-order valence-electron chi connectivity index (χ3n) is 3.17. The minimum Gasteiger partial charge on any atom is -0.290 e. The molecule has 0 aliphatic heterocycles. The quantitative estimate of drug-likeness (QED) is 0.404. The van der Waals surface area contributed by atoms with Crippen molar-refractivity contribution in [1.29, 1.82) is 0 Å². The highest BCUT2D eigenvalue weighted by Crippen LogP contribution is 2.52. The van der Waals surface area contributed by atoms with Gasteiger partial charge in [-0.2, -0.15) is 0 Å². The van der Waals surface area contributed by atoms with Gasteiger partial charge in [-0.05, 0) is 26.7 Å². The van der Waals surface area contributed by atoms with Crippen molar-refractivity contribution in [2.75, 3.05) is 0 Å². The largest absolute Gasteiger partial charge is 0.290 e. The van der Waals surface area contributed by atoms with Crippen molar-refractivity contribution < 1.29 is 19.2 Å². The smallest absolute Gasteiger partial charge is 0.213 e. The van der Waals surface area contributed by atoms with Crippen LogP contribution in [0, 0.1) is 10.8 Å². The van der Waals surface area contributed by atoms with Crippen LogP contribution < -0.4 is 0 Å². The monoisotopic (exact) mass is 194 g/mol. The predicted octanol–water partition coefficient (Wildman–Crippen LogP) is 0.0828. The molecule has 0 bridgehead atoms. The molecule has 1 spiro atoms. The Morgan fingerprint density at radius 3 is 1.43 bits per heavy atom. The van der Waals surface area contributed by atoms with Gasteiger partial charge in [-0.1, -0.05) is 0 Å². The van der Waals surface area contributed by atoms with Crippen LogP contribution in [0.25, 0.3) is 0 Å². The molecule has 2 aliphatic rings. The Balaban J connectivity index is 2.53. The Bertz CT molecular complexity index is 327. The Morgan fingerprint density at radius 1 is 0.786 bits per heavy atom. The van der Waals surface area contributed by atoms with E-state index in [1.165, 1.54) is 13.8 Å². The van der Waals surface area contributed by atoms with Crippen LogP contribution in [0.15, 0.2) is 0 Å². The van der Waals surface area contributed by atoms with Crippen LogP contribution in [0.1, 0.15) is 26.7 Å². The van der Waals surface area contributed by atoms with Crippen molar-refractivity contribution in [1.82, 2.24) is 0 Å². The molecule has 0 radical (unpaired) electrons. The zero-order valence-electron chi connectivity index (χ0n) is 8.05. The number of carbonyl (C=O) groups excluding carboxylic acids is 4. The second-order valence-corrected chi connectivity index (χ2v) is 4.52. The molecule has 0 saturated heterocycles. The fraction of sp³-hybridized carbons (Fsp3) is 0.600. The minimum absolute atomic E-state index is 0.359. The van der Waals surface area contributed by atoms with E-state index in [9.17, 15) is 19.2 Å². The molecule has 4 nitrogen and oxygen atoms in total. The van der Waals surface area contributed by atoms with Crippen molar-refractivity contribution in [3.63, 3.8) is 0 Å². The lowest BCUT2D eigenvalue weighted by molar-refractivity contribution is -0.160. The number of Topliss-reactive ketones (excluding diaryl/α,β-unsaturated/α-hetero) is 4. The van der Waals surface area contributed by atoms with E-state index in [-0.39, 0.29) is 0 Å². The maximum atomic E-state index is 11.6. The third-order valence-corrected chi connectivity index (χ3v) is 3.17. The van der Waals surface area contributed by atoms with Gasteiger partial charge >= 0.3 is 0 Å². The van der Waals surface area contributed by atoms with E-state index < -0.39 is 34.0 Å². The molecule has 2 saturated carbocycles. The van der Waals surface area contributed by atoms with E-state index in [0.717, 1.165) is 0 Å². The highest BCUT2D eigenvalue weighted by Gasteiger charge is 2.67. The number of rotatable bonds is 0. The molecule has 0 aromatic rings. The summed E-state index contributed by atoms with van der Waals surface area (Å²) >= 11 is 0. The van der Waals surface area contributed by atoms with Crippen LogP contribution in [-0.2, 0) is 19.2 Å². The number of hydrogen-bond donors (Lipinski definition) is 0. The summed E-state index contributed by atoms with van der Waals surface area (Å²) in [6.07, 6.45) is 0.719. The molecular weight excluding hydrogens is 184 g/mol. The van der Waals surface area contributed by atoms with Gasteiger partial charge in [0.2, 0.25) is 23.1 Å². The first kappa shape index (κ1) is 9.24. The summed E-state index contributed by atoms with van der Waals surface area (Å²) in [4.78, 5) is 46.2. The summed E-state index contributed by atoms with van der Waals surface area (Å²) in [6, 6.07) is 0. The summed E-state index contributed by atoms with van der Waals surface area (Å²) in [5.41, 5.74) is -2.67. The lowest BCUT2D eigenvalue weighted by Crippen LogP contribution is -2.54. The van der Waals surface area contributed by atoms with Gasteiger partial charge in [-0.3, -0.25) is 19.2 Å². The van der Waals surface area contributed by atoms with Crippen LogP contribution in [0.3, 0.4) is 0 Å². The Kier molecular flexibility index (Phi) is 1.44. The van der Waals surface area contributed by atoms with Crippen LogP contribution in [0.2, 0.25) is 0 Å². The maximum Gasteiger partial charge on any atom is 0.213 e. The summed E-state index contributed by atoms with van der Waals surface area (Å²) in [5, 5.41) is 0. The zero-order valence-corrected chi connectivity index (χ0v) is 8.05. The highest BCUT2D eigenvalue weighted by molar-refractivity contribution is 6.64.